The third kappa shape index (κ3) is 4.89. The van der Waals surface area contributed by atoms with Crippen molar-refractivity contribution in [1.82, 2.24) is 4.98 Å². The number of nitrogens with one attached hydrogen (secondary N) is 1. The molecule has 0 unspecified atom stereocenters. The predicted molar refractivity (Wildman–Crippen MR) is 102 cm³/mol. The van der Waals surface area contributed by atoms with Crippen LogP contribution in [0.3, 0.4) is 0 Å². The predicted octanol–water partition coefficient (Wildman–Crippen LogP) is 4.70. The minimum Gasteiger partial charge on any atom is -0.367 e. The van der Waals surface area contributed by atoms with Crippen LogP contribution in [0.15, 0.2) is 60.0 Å². The van der Waals surface area contributed by atoms with Crippen LogP contribution >= 0.6 is 22.9 Å². The first-order chi connectivity index (χ1) is 12.3. The van der Waals surface area contributed by atoms with Crippen LogP contribution in [0.2, 0.25) is 0 Å². The van der Waals surface area contributed by atoms with Crippen LogP contribution in [0.4, 0.5) is 5.69 Å². The summed E-state index contributed by atoms with van der Waals surface area (Å²) in [5, 5.41) is 5.64. The Balaban J connectivity index is 1.61. The zero-order chi connectivity index (χ0) is 17.5. The second-order valence-electron chi connectivity index (χ2n) is 5.35. The Labute approximate surface area is 155 Å². The summed E-state index contributed by atoms with van der Waals surface area (Å²) in [6, 6.07) is 17.3. The van der Waals surface area contributed by atoms with E-state index in [0.717, 1.165) is 21.8 Å². The van der Waals surface area contributed by atoms with Gasteiger partial charge in [-0.3, -0.25) is 4.79 Å². The zero-order valence-electron chi connectivity index (χ0n) is 13.4. The summed E-state index contributed by atoms with van der Waals surface area (Å²) in [7, 11) is 0. The largest absolute Gasteiger partial charge is 0.367 e. The van der Waals surface area contributed by atoms with E-state index in [1.54, 1.807) is 0 Å². The highest BCUT2D eigenvalue weighted by Crippen LogP contribution is 2.30. The molecule has 0 saturated carbocycles. The van der Waals surface area contributed by atoms with Crippen molar-refractivity contribution in [2.45, 2.75) is 12.5 Å². The number of carbonyl (C=O) groups is 1. The summed E-state index contributed by atoms with van der Waals surface area (Å²) in [5.41, 5.74) is 3.45. The molecule has 3 aromatic rings. The molecule has 1 amide bonds. The molecule has 0 aliphatic carbocycles. The van der Waals surface area contributed by atoms with Crippen molar-refractivity contribution >= 4 is 34.5 Å². The van der Waals surface area contributed by atoms with E-state index in [-0.39, 0.29) is 12.5 Å². The number of hydrogen-bond donors (Lipinski definition) is 1. The number of alkyl halides is 1. The van der Waals surface area contributed by atoms with E-state index in [9.17, 15) is 4.79 Å². The SMILES string of the molecule is O=C(COCc1ccccc1)Nc1ccccc1-c1nc(CCl)cs1. The molecule has 1 heterocycles. The summed E-state index contributed by atoms with van der Waals surface area (Å²) >= 11 is 7.32. The van der Waals surface area contributed by atoms with E-state index >= 15 is 0 Å². The van der Waals surface area contributed by atoms with Gasteiger partial charge in [-0.15, -0.1) is 22.9 Å². The van der Waals surface area contributed by atoms with E-state index in [0.29, 0.717) is 18.2 Å². The Morgan fingerprint density at radius 1 is 1.12 bits per heavy atom. The van der Waals surface area contributed by atoms with Crippen molar-refractivity contribution in [2.75, 3.05) is 11.9 Å². The lowest BCUT2D eigenvalue weighted by atomic mass is 10.2. The van der Waals surface area contributed by atoms with Crippen molar-refractivity contribution < 1.29 is 9.53 Å². The summed E-state index contributed by atoms with van der Waals surface area (Å²) in [5.74, 6) is 0.177. The molecule has 3 rings (SSSR count). The number of ether oxygens (including phenoxy) is 1. The van der Waals surface area contributed by atoms with E-state index in [4.69, 9.17) is 16.3 Å². The van der Waals surface area contributed by atoms with Gasteiger partial charge in [0.15, 0.2) is 0 Å². The van der Waals surface area contributed by atoms with Gasteiger partial charge in [-0.1, -0.05) is 42.5 Å². The molecule has 0 fully saturated rings. The third-order valence-electron chi connectivity index (χ3n) is 3.46. The monoisotopic (exact) mass is 372 g/mol. The van der Waals surface area contributed by atoms with Gasteiger partial charge in [0.05, 0.1) is 23.9 Å². The van der Waals surface area contributed by atoms with Crippen LogP contribution in [-0.4, -0.2) is 17.5 Å². The van der Waals surface area contributed by atoms with E-state index < -0.39 is 0 Å². The Kier molecular flexibility index (Phi) is 6.17. The maximum atomic E-state index is 12.2. The van der Waals surface area contributed by atoms with Gasteiger partial charge in [-0.2, -0.15) is 0 Å². The van der Waals surface area contributed by atoms with Crippen LogP contribution in [-0.2, 0) is 22.0 Å². The second-order valence-corrected chi connectivity index (χ2v) is 6.48. The molecule has 6 heteroatoms. The second kappa shape index (κ2) is 8.76. The molecule has 128 valence electrons. The number of halogens is 1. The van der Waals surface area contributed by atoms with Gasteiger partial charge in [0.25, 0.3) is 0 Å². The lowest BCUT2D eigenvalue weighted by molar-refractivity contribution is -0.121. The fourth-order valence-electron chi connectivity index (χ4n) is 2.29. The average Bonchev–Trinajstić information content (AvgIpc) is 3.12. The average molecular weight is 373 g/mol. The van der Waals surface area contributed by atoms with E-state index in [1.807, 2.05) is 60.0 Å². The number of carbonyl (C=O) groups excluding carboxylic acids is 1. The molecule has 0 bridgehead atoms. The smallest absolute Gasteiger partial charge is 0.250 e. The maximum absolute atomic E-state index is 12.2. The molecule has 4 nitrogen and oxygen atoms in total. The van der Waals surface area contributed by atoms with Crippen LogP contribution in [0.25, 0.3) is 10.6 Å². The molecule has 0 spiro atoms. The standard InChI is InChI=1S/C19H17ClN2O2S/c20-10-15-13-25-19(21-15)16-8-4-5-9-17(16)22-18(23)12-24-11-14-6-2-1-3-7-14/h1-9,13H,10-12H2,(H,22,23). The van der Waals surface area contributed by atoms with Crippen molar-refractivity contribution in [3.8, 4) is 10.6 Å². The lowest BCUT2D eigenvalue weighted by Gasteiger charge is -2.10. The number of amides is 1. The van der Waals surface area contributed by atoms with Crippen molar-refractivity contribution in [3.05, 3.63) is 71.2 Å². The first-order valence-electron chi connectivity index (χ1n) is 7.77. The fraction of sp³-hybridized carbons (Fsp3) is 0.158. The summed E-state index contributed by atoms with van der Waals surface area (Å²) in [4.78, 5) is 16.6. The minimum atomic E-state index is -0.197. The van der Waals surface area contributed by atoms with Gasteiger partial charge in [0.1, 0.15) is 11.6 Å². The highest BCUT2D eigenvalue weighted by Gasteiger charge is 2.11. The Morgan fingerprint density at radius 2 is 1.88 bits per heavy atom. The molecular formula is C19H17ClN2O2S. The number of thiazole rings is 1. The molecule has 2 aromatic carbocycles. The van der Waals surface area contributed by atoms with Gasteiger partial charge in [0, 0.05) is 10.9 Å². The van der Waals surface area contributed by atoms with Gasteiger partial charge in [-0.05, 0) is 17.7 Å². The number of anilines is 1. The minimum absolute atomic E-state index is 0.00592. The fourth-order valence-corrected chi connectivity index (χ4v) is 3.38. The van der Waals surface area contributed by atoms with E-state index in [2.05, 4.69) is 10.3 Å². The van der Waals surface area contributed by atoms with Gasteiger partial charge >= 0.3 is 0 Å². The third-order valence-corrected chi connectivity index (χ3v) is 4.66. The molecule has 1 N–H and O–H groups in total. The Bertz CT molecular complexity index is 836. The zero-order valence-corrected chi connectivity index (χ0v) is 15.0. The molecule has 0 atom stereocenters. The molecular weight excluding hydrogens is 356 g/mol. The Hall–Kier alpha value is -2.21. The Morgan fingerprint density at radius 3 is 2.64 bits per heavy atom. The molecule has 0 aliphatic heterocycles. The molecule has 0 radical (unpaired) electrons. The van der Waals surface area contributed by atoms with Crippen LogP contribution < -0.4 is 5.32 Å². The van der Waals surface area contributed by atoms with Crippen LogP contribution in [0.1, 0.15) is 11.3 Å². The van der Waals surface area contributed by atoms with Gasteiger partial charge in [0.2, 0.25) is 5.91 Å². The molecule has 1 aromatic heterocycles. The normalized spacial score (nSPS) is 10.6. The van der Waals surface area contributed by atoms with Crippen LogP contribution in [0.5, 0.6) is 0 Å². The topological polar surface area (TPSA) is 51.2 Å². The summed E-state index contributed by atoms with van der Waals surface area (Å²) in [6.45, 7) is 0.398. The van der Waals surface area contributed by atoms with Crippen molar-refractivity contribution in [3.63, 3.8) is 0 Å². The summed E-state index contributed by atoms with van der Waals surface area (Å²) < 4.78 is 5.48. The number of hydrogen-bond acceptors (Lipinski definition) is 4. The molecule has 0 aliphatic rings. The number of nitrogens with zero attached hydrogens (tertiary/aromatic N) is 1. The first-order valence-corrected chi connectivity index (χ1v) is 9.19. The van der Waals surface area contributed by atoms with Crippen LogP contribution in [0, 0.1) is 0 Å². The first kappa shape index (κ1) is 17.6. The van der Waals surface area contributed by atoms with Crippen molar-refractivity contribution in [2.24, 2.45) is 0 Å². The molecule has 25 heavy (non-hydrogen) atoms. The highest BCUT2D eigenvalue weighted by molar-refractivity contribution is 7.13. The highest BCUT2D eigenvalue weighted by atomic mass is 35.5. The van der Waals surface area contributed by atoms with Gasteiger partial charge < -0.3 is 10.1 Å². The molecule has 0 saturated heterocycles. The number of aromatic nitrogens is 1. The number of rotatable bonds is 7. The quantitative estimate of drug-likeness (QED) is 0.611. The number of para-hydroxylation sites is 1. The van der Waals surface area contributed by atoms with E-state index in [1.165, 1.54) is 11.3 Å². The van der Waals surface area contributed by atoms with Gasteiger partial charge in [-0.25, -0.2) is 4.98 Å². The summed E-state index contributed by atoms with van der Waals surface area (Å²) in [6.07, 6.45) is 0. The van der Waals surface area contributed by atoms with Crippen molar-refractivity contribution in [1.29, 1.82) is 0 Å². The number of benzene rings is 2. The maximum Gasteiger partial charge on any atom is 0.250 e. The lowest BCUT2D eigenvalue weighted by Crippen LogP contribution is -2.18.